The highest BCUT2D eigenvalue weighted by Gasteiger charge is 2.52. The van der Waals surface area contributed by atoms with E-state index in [1.54, 1.807) is 7.11 Å². The molecule has 1 aromatic carbocycles. The van der Waals surface area contributed by atoms with E-state index in [4.69, 9.17) is 9.47 Å². The summed E-state index contributed by atoms with van der Waals surface area (Å²) in [5.41, 5.74) is 2.52. The summed E-state index contributed by atoms with van der Waals surface area (Å²) in [6.45, 7) is 5.50. The van der Waals surface area contributed by atoms with Gasteiger partial charge in [0, 0.05) is 25.1 Å². The van der Waals surface area contributed by atoms with Crippen LogP contribution in [-0.4, -0.2) is 60.5 Å². The molecule has 1 fully saturated rings. The lowest BCUT2D eigenvalue weighted by Gasteiger charge is -2.36. The smallest absolute Gasteiger partial charge is 0.166 e. The van der Waals surface area contributed by atoms with Crippen molar-refractivity contribution >= 4 is 0 Å². The lowest BCUT2D eigenvalue weighted by atomic mass is 9.69. The molecule has 1 spiro atoms. The molecule has 5 heteroatoms. The van der Waals surface area contributed by atoms with Crippen LogP contribution in [0.25, 0.3) is 0 Å². The van der Waals surface area contributed by atoms with Gasteiger partial charge in [0.05, 0.1) is 25.3 Å². The maximum absolute atomic E-state index is 10.2. The van der Waals surface area contributed by atoms with Crippen LogP contribution in [0.2, 0.25) is 0 Å². The first-order valence-corrected chi connectivity index (χ1v) is 10.4. The van der Waals surface area contributed by atoms with Crippen LogP contribution in [0.1, 0.15) is 43.2 Å². The SMILES string of the molecule is COc1ccc2c3c1O[C@H]1C[C@@H](O)C=C[C@@]31CCN(CN1CCCCC1)C2. The molecule has 1 saturated heterocycles. The number of piperidine rings is 1. The van der Waals surface area contributed by atoms with Gasteiger partial charge in [-0.3, -0.25) is 9.80 Å². The fourth-order valence-electron chi connectivity index (χ4n) is 5.50. The Labute approximate surface area is 161 Å². The minimum Gasteiger partial charge on any atom is -0.493 e. The average Bonchev–Trinajstić information content (AvgIpc) is 2.93. The van der Waals surface area contributed by atoms with Gasteiger partial charge in [0.15, 0.2) is 11.5 Å². The standard InChI is InChI=1S/C22H30N2O3/c1-26-18-6-5-16-14-24(15-23-10-3-2-4-11-23)12-9-22-8-7-17(25)13-19(22)27-21(18)20(16)22/h5-8,17,19,25H,2-4,9-15H2,1H3/t17-,19-,22-/m0/s1. The molecule has 146 valence electrons. The Morgan fingerprint density at radius 3 is 2.85 bits per heavy atom. The highest BCUT2D eigenvalue weighted by atomic mass is 16.5. The van der Waals surface area contributed by atoms with E-state index in [2.05, 4.69) is 21.9 Å². The summed E-state index contributed by atoms with van der Waals surface area (Å²) in [5, 5.41) is 10.2. The van der Waals surface area contributed by atoms with Crippen molar-refractivity contribution in [3.05, 3.63) is 35.4 Å². The second kappa shape index (κ2) is 6.80. The van der Waals surface area contributed by atoms with Crippen molar-refractivity contribution in [2.24, 2.45) is 0 Å². The number of likely N-dealkylation sites (tertiary alicyclic amines) is 1. The molecule has 3 atom stereocenters. The van der Waals surface area contributed by atoms with Gasteiger partial charge in [-0.25, -0.2) is 0 Å². The summed E-state index contributed by atoms with van der Waals surface area (Å²) < 4.78 is 12.0. The lowest BCUT2D eigenvalue weighted by molar-refractivity contribution is 0.0713. The number of benzene rings is 1. The summed E-state index contributed by atoms with van der Waals surface area (Å²) in [6.07, 6.45) is 9.48. The summed E-state index contributed by atoms with van der Waals surface area (Å²) in [4.78, 5) is 5.20. The van der Waals surface area contributed by atoms with Gasteiger partial charge in [-0.05, 0) is 44.0 Å². The van der Waals surface area contributed by atoms with E-state index in [9.17, 15) is 5.11 Å². The first-order chi connectivity index (χ1) is 13.2. The number of aliphatic hydroxyl groups excluding tert-OH is 1. The normalized spacial score (nSPS) is 33.1. The third kappa shape index (κ3) is 2.87. The number of hydrogen-bond acceptors (Lipinski definition) is 5. The average molecular weight is 370 g/mol. The monoisotopic (exact) mass is 370 g/mol. The number of ether oxygens (including phenoxy) is 2. The highest BCUT2D eigenvalue weighted by Crippen LogP contribution is 2.55. The van der Waals surface area contributed by atoms with Crippen molar-refractivity contribution < 1.29 is 14.6 Å². The number of aliphatic hydroxyl groups is 1. The van der Waals surface area contributed by atoms with E-state index >= 15 is 0 Å². The summed E-state index contributed by atoms with van der Waals surface area (Å²) in [7, 11) is 1.71. The second-order valence-corrected chi connectivity index (χ2v) is 8.56. The molecule has 0 amide bonds. The van der Waals surface area contributed by atoms with Crippen LogP contribution in [0.3, 0.4) is 0 Å². The molecule has 3 heterocycles. The largest absolute Gasteiger partial charge is 0.493 e. The van der Waals surface area contributed by atoms with Crippen LogP contribution >= 0.6 is 0 Å². The van der Waals surface area contributed by atoms with E-state index in [0.29, 0.717) is 6.42 Å². The Morgan fingerprint density at radius 2 is 2.04 bits per heavy atom. The van der Waals surface area contributed by atoms with Crippen molar-refractivity contribution in [1.82, 2.24) is 9.80 Å². The zero-order valence-electron chi connectivity index (χ0n) is 16.2. The van der Waals surface area contributed by atoms with E-state index in [0.717, 1.165) is 37.7 Å². The molecule has 0 bridgehead atoms. The number of hydrogen-bond donors (Lipinski definition) is 1. The fraction of sp³-hybridized carbons (Fsp3) is 0.636. The molecule has 1 aromatic rings. The Morgan fingerprint density at radius 1 is 1.19 bits per heavy atom. The Balaban J connectivity index is 1.51. The molecule has 4 aliphatic rings. The molecule has 0 saturated carbocycles. The molecule has 0 aromatic heterocycles. The van der Waals surface area contributed by atoms with Crippen LogP contribution in [-0.2, 0) is 12.0 Å². The first kappa shape index (κ1) is 17.5. The van der Waals surface area contributed by atoms with Crippen LogP contribution in [0, 0.1) is 0 Å². The maximum Gasteiger partial charge on any atom is 0.166 e. The highest BCUT2D eigenvalue weighted by molar-refractivity contribution is 5.60. The van der Waals surface area contributed by atoms with Gasteiger partial charge in [-0.15, -0.1) is 0 Å². The lowest BCUT2D eigenvalue weighted by Crippen LogP contribution is -2.44. The van der Waals surface area contributed by atoms with Crippen molar-refractivity contribution in [2.45, 2.75) is 56.3 Å². The van der Waals surface area contributed by atoms with Crippen LogP contribution in [0.4, 0.5) is 0 Å². The van der Waals surface area contributed by atoms with Gasteiger partial charge in [0.2, 0.25) is 0 Å². The molecule has 27 heavy (non-hydrogen) atoms. The van der Waals surface area contributed by atoms with Gasteiger partial charge in [0.1, 0.15) is 6.10 Å². The van der Waals surface area contributed by atoms with Gasteiger partial charge in [-0.1, -0.05) is 24.6 Å². The van der Waals surface area contributed by atoms with Gasteiger partial charge in [0.25, 0.3) is 0 Å². The first-order valence-electron chi connectivity index (χ1n) is 10.4. The molecule has 0 unspecified atom stereocenters. The van der Waals surface area contributed by atoms with E-state index in [1.807, 2.05) is 12.1 Å². The zero-order chi connectivity index (χ0) is 18.4. The molecule has 5 rings (SSSR count). The second-order valence-electron chi connectivity index (χ2n) is 8.56. The fourth-order valence-corrected chi connectivity index (χ4v) is 5.50. The molecular weight excluding hydrogens is 340 g/mol. The molecular formula is C22H30N2O3. The van der Waals surface area contributed by atoms with Gasteiger partial charge < -0.3 is 14.6 Å². The number of nitrogens with zero attached hydrogens (tertiary/aromatic N) is 2. The molecule has 5 nitrogen and oxygen atoms in total. The third-order valence-corrected chi connectivity index (χ3v) is 6.88. The number of methoxy groups -OCH3 is 1. The molecule has 3 aliphatic heterocycles. The Kier molecular flexibility index (Phi) is 4.42. The minimum absolute atomic E-state index is 0.00233. The number of rotatable bonds is 3. The van der Waals surface area contributed by atoms with Crippen molar-refractivity contribution in [3.63, 3.8) is 0 Å². The van der Waals surface area contributed by atoms with Crippen molar-refractivity contribution in [3.8, 4) is 11.5 Å². The summed E-state index contributed by atoms with van der Waals surface area (Å²) >= 11 is 0. The summed E-state index contributed by atoms with van der Waals surface area (Å²) in [6, 6.07) is 4.27. The zero-order valence-corrected chi connectivity index (χ0v) is 16.2. The topological polar surface area (TPSA) is 45.2 Å². The van der Waals surface area contributed by atoms with Crippen LogP contribution in [0.15, 0.2) is 24.3 Å². The predicted octanol–water partition coefficient (Wildman–Crippen LogP) is 2.66. The van der Waals surface area contributed by atoms with E-state index in [1.165, 1.54) is 43.5 Å². The van der Waals surface area contributed by atoms with E-state index in [-0.39, 0.29) is 11.5 Å². The minimum atomic E-state index is -0.419. The van der Waals surface area contributed by atoms with Gasteiger partial charge in [-0.2, -0.15) is 0 Å². The quantitative estimate of drug-likeness (QED) is 0.829. The molecule has 1 N–H and O–H groups in total. The molecule has 1 aliphatic carbocycles. The predicted molar refractivity (Wildman–Crippen MR) is 104 cm³/mol. The Hall–Kier alpha value is -1.56. The van der Waals surface area contributed by atoms with Crippen LogP contribution in [0.5, 0.6) is 11.5 Å². The van der Waals surface area contributed by atoms with E-state index < -0.39 is 6.10 Å². The molecule has 0 radical (unpaired) electrons. The summed E-state index contributed by atoms with van der Waals surface area (Å²) in [5.74, 6) is 1.72. The Bertz CT molecular complexity index is 743. The van der Waals surface area contributed by atoms with Gasteiger partial charge >= 0.3 is 0 Å². The van der Waals surface area contributed by atoms with Crippen LogP contribution < -0.4 is 9.47 Å². The van der Waals surface area contributed by atoms with Crippen molar-refractivity contribution in [1.29, 1.82) is 0 Å². The maximum atomic E-state index is 10.2. The van der Waals surface area contributed by atoms with Crippen molar-refractivity contribution in [2.75, 3.05) is 33.4 Å². The third-order valence-electron chi connectivity index (χ3n) is 6.88.